The summed E-state index contributed by atoms with van der Waals surface area (Å²) < 4.78 is 0. The minimum absolute atomic E-state index is 0. The second-order valence-corrected chi connectivity index (χ2v) is 5.74. The van der Waals surface area contributed by atoms with Gasteiger partial charge in [0.15, 0.2) is 0 Å². The summed E-state index contributed by atoms with van der Waals surface area (Å²) in [4.78, 5) is 0. The van der Waals surface area contributed by atoms with Crippen molar-refractivity contribution in [2.45, 2.75) is 27.7 Å². The molecule has 0 aromatic rings. The Labute approximate surface area is 89.0 Å². The predicted molar refractivity (Wildman–Crippen MR) is 58.8 cm³/mol. The topological polar surface area (TPSA) is 0 Å². The molecule has 0 N–H and O–H groups in total. The Hall–Kier alpha value is 1.48. The first kappa shape index (κ1) is 18.3. The molecule has 0 fully saturated rings. The molecule has 0 aliphatic heterocycles. The van der Waals surface area contributed by atoms with Gasteiger partial charge < -0.3 is 0 Å². The van der Waals surface area contributed by atoms with Gasteiger partial charge >= 0.3 is 0 Å². The molecule has 11 heavy (non-hydrogen) atoms. The maximum atomic E-state index is 2.22. The summed E-state index contributed by atoms with van der Waals surface area (Å²) in [6.07, 6.45) is 5.49. The molecule has 0 heterocycles. The van der Waals surface area contributed by atoms with Gasteiger partial charge in [0.2, 0.25) is 0 Å². The summed E-state index contributed by atoms with van der Waals surface area (Å²) in [5.41, 5.74) is 0. The largest absolute Gasteiger partial charge is 0.123 e. The fourth-order valence-corrected chi connectivity index (χ4v) is 1.50. The molecule has 0 unspecified atom stereocenters. The van der Waals surface area contributed by atoms with Crippen LogP contribution < -0.4 is 0 Å². The zero-order valence-corrected chi connectivity index (χ0v) is 13.5. The van der Waals surface area contributed by atoms with Crippen LogP contribution in [0.25, 0.3) is 0 Å². The van der Waals surface area contributed by atoms with Gasteiger partial charge in [0.25, 0.3) is 0 Å². The molecule has 0 spiro atoms. The first-order valence-electron chi connectivity index (χ1n) is 4.24. The maximum absolute atomic E-state index is 2.22. The van der Waals surface area contributed by atoms with Crippen LogP contribution in [-0.4, -0.2) is 24.6 Å². The van der Waals surface area contributed by atoms with Gasteiger partial charge in [-0.3, -0.25) is 0 Å². The number of hydrogen-bond acceptors (Lipinski definition) is 0. The van der Waals surface area contributed by atoms with E-state index in [4.69, 9.17) is 0 Å². The Kier molecular flexibility index (Phi) is 37.5. The van der Waals surface area contributed by atoms with Crippen molar-refractivity contribution in [1.29, 1.82) is 0 Å². The Morgan fingerprint density at radius 1 is 0.636 bits per heavy atom. The minimum atomic E-state index is 0. The standard InChI is InChI=1S/2C4H11P.Zn/c2*1-3-5-4-2;/h2*5H,3-4H2,1-2H3;. The normalized spacial score (nSPS) is 7.64. The Balaban J connectivity index is -0.000000107. The number of hydrogen-bond donors (Lipinski definition) is 0. The monoisotopic (exact) mass is 244 g/mol. The van der Waals surface area contributed by atoms with Crippen LogP contribution in [-0.2, 0) is 19.5 Å². The van der Waals surface area contributed by atoms with Crippen LogP contribution in [0.1, 0.15) is 27.7 Å². The first-order valence-corrected chi connectivity index (χ1v) is 7.07. The first-order chi connectivity index (χ1) is 4.83. The maximum Gasteiger partial charge on any atom is 0 e. The Morgan fingerprint density at radius 2 is 0.818 bits per heavy atom. The summed E-state index contributed by atoms with van der Waals surface area (Å²) in [5, 5.41) is 0. The van der Waals surface area contributed by atoms with E-state index in [1.165, 1.54) is 41.8 Å². The van der Waals surface area contributed by atoms with Crippen LogP contribution >= 0.6 is 17.2 Å². The molecule has 0 bridgehead atoms. The average molecular weight is 246 g/mol. The van der Waals surface area contributed by atoms with E-state index in [9.17, 15) is 0 Å². The van der Waals surface area contributed by atoms with Crippen LogP contribution in [0.4, 0.5) is 0 Å². The zero-order valence-electron chi connectivity index (χ0n) is 8.54. The molecule has 0 nitrogen and oxygen atoms in total. The van der Waals surface area contributed by atoms with Crippen molar-refractivity contribution in [3.8, 4) is 0 Å². The molecule has 0 saturated heterocycles. The molecule has 0 rings (SSSR count). The minimum Gasteiger partial charge on any atom is -0.123 e. The van der Waals surface area contributed by atoms with Crippen molar-refractivity contribution in [2.24, 2.45) is 0 Å². The second kappa shape index (κ2) is 22.5. The molecular weight excluding hydrogens is 223 g/mol. The van der Waals surface area contributed by atoms with E-state index in [0.29, 0.717) is 0 Å². The van der Waals surface area contributed by atoms with Crippen LogP contribution in [0.15, 0.2) is 0 Å². The van der Waals surface area contributed by atoms with E-state index in [0.717, 1.165) is 0 Å². The van der Waals surface area contributed by atoms with Gasteiger partial charge in [-0.25, -0.2) is 0 Å². The number of rotatable bonds is 4. The summed E-state index contributed by atoms with van der Waals surface area (Å²) in [6.45, 7) is 8.90. The molecular formula is C8H22P2Zn. The third kappa shape index (κ3) is 34.3. The van der Waals surface area contributed by atoms with Crippen molar-refractivity contribution >= 4 is 17.2 Å². The van der Waals surface area contributed by atoms with Gasteiger partial charge in [0.1, 0.15) is 0 Å². The van der Waals surface area contributed by atoms with Gasteiger partial charge in [-0.2, -0.15) is 0 Å². The Morgan fingerprint density at radius 3 is 0.818 bits per heavy atom. The molecule has 0 amide bonds. The van der Waals surface area contributed by atoms with E-state index in [1.807, 2.05) is 0 Å². The third-order valence-corrected chi connectivity index (χ3v) is 3.00. The van der Waals surface area contributed by atoms with Gasteiger partial charge in [-0.1, -0.05) is 27.7 Å². The van der Waals surface area contributed by atoms with Crippen LogP contribution in [0.3, 0.4) is 0 Å². The van der Waals surface area contributed by atoms with E-state index < -0.39 is 0 Å². The van der Waals surface area contributed by atoms with Gasteiger partial charge in [-0.15, -0.1) is 17.2 Å². The van der Waals surface area contributed by atoms with Crippen molar-refractivity contribution in [3.63, 3.8) is 0 Å². The Bertz CT molecular complexity index is 33.1. The molecule has 0 radical (unpaired) electrons. The van der Waals surface area contributed by atoms with Gasteiger partial charge in [0.05, 0.1) is 0 Å². The van der Waals surface area contributed by atoms with E-state index >= 15 is 0 Å². The fraction of sp³-hybridized carbons (Fsp3) is 1.00. The van der Waals surface area contributed by atoms with Crippen LogP contribution in [0.2, 0.25) is 0 Å². The van der Waals surface area contributed by atoms with Crippen molar-refractivity contribution < 1.29 is 19.5 Å². The SMILES string of the molecule is CCPCC.CCPCC.[Zn]. The second-order valence-electron chi connectivity index (χ2n) is 1.91. The van der Waals surface area contributed by atoms with Crippen molar-refractivity contribution in [1.82, 2.24) is 0 Å². The van der Waals surface area contributed by atoms with E-state index in [2.05, 4.69) is 27.7 Å². The molecule has 0 saturated carbocycles. The summed E-state index contributed by atoms with van der Waals surface area (Å²) in [7, 11) is 2.40. The summed E-state index contributed by atoms with van der Waals surface area (Å²) >= 11 is 0. The van der Waals surface area contributed by atoms with Crippen LogP contribution in [0, 0.1) is 0 Å². The molecule has 0 atom stereocenters. The van der Waals surface area contributed by atoms with Crippen molar-refractivity contribution in [3.05, 3.63) is 0 Å². The van der Waals surface area contributed by atoms with Crippen molar-refractivity contribution in [2.75, 3.05) is 24.6 Å². The van der Waals surface area contributed by atoms with Gasteiger partial charge in [0, 0.05) is 19.5 Å². The van der Waals surface area contributed by atoms with E-state index in [1.54, 1.807) is 0 Å². The molecule has 3 heteroatoms. The fourth-order valence-electron chi connectivity index (χ4n) is 0.500. The quantitative estimate of drug-likeness (QED) is 0.526. The van der Waals surface area contributed by atoms with Gasteiger partial charge in [-0.05, 0) is 24.6 Å². The van der Waals surface area contributed by atoms with E-state index in [-0.39, 0.29) is 19.5 Å². The zero-order chi connectivity index (χ0) is 8.24. The van der Waals surface area contributed by atoms with Crippen LogP contribution in [0.5, 0.6) is 0 Å². The third-order valence-electron chi connectivity index (χ3n) is 1.000. The molecule has 0 aromatic carbocycles. The summed E-state index contributed by atoms with van der Waals surface area (Å²) in [6, 6.07) is 0. The smallest absolute Gasteiger partial charge is 0 e. The summed E-state index contributed by atoms with van der Waals surface area (Å²) in [5.74, 6) is 0. The predicted octanol–water partition coefficient (Wildman–Crippen LogP) is 3.41. The average Bonchev–Trinajstić information content (AvgIpc) is 1.93. The molecule has 0 aromatic heterocycles. The molecule has 0 aliphatic rings. The molecule has 0 aliphatic carbocycles. The molecule has 66 valence electrons.